The van der Waals surface area contributed by atoms with E-state index >= 15 is 0 Å². The number of rotatable bonds is 7. The summed E-state index contributed by atoms with van der Waals surface area (Å²) in [6.45, 7) is 24.9. The Morgan fingerprint density at radius 2 is 1.46 bits per heavy atom. The molecule has 0 aliphatic carbocycles. The third-order valence-corrected chi connectivity index (χ3v) is 13.3. The van der Waals surface area contributed by atoms with Gasteiger partial charge in [-0.25, -0.2) is 4.98 Å². The van der Waals surface area contributed by atoms with Crippen LogP contribution in [0.2, 0.25) is 19.6 Å². The quantitative estimate of drug-likeness (QED) is 0.164. The van der Waals surface area contributed by atoms with Crippen LogP contribution < -0.4 is 5.19 Å². The molecule has 1 N–H and O–H groups in total. The zero-order chi connectivity index (χ0) is 40.6. The van der Waals surface area contributed by atoms with Crippen molar-refractivity contribution < 1.29 is 9.52 Å². The third kappa shape index (κ3) is 6.99. The number of phenolic OH excluding ortho intramolecular Hbond substituents is 1. The lowest BCUT2D eigenvalue weighted by Gasteiger charge is -2.27. The summed E-state index contributed by atoms with van der Waals surface area (Å²) in [5.74, 6) is 1.48. The molecule has 290 valence electrons. The first-order valence-corrected chi connectivity index (χ1v) is 23.8. The van der Waals surface area contributed by atoms with Crippen LogP contribution in [0.25, 0.3) is 72.4 Å². The summed E-state index contributed by atoms with van der Waals surface area (Å²) in [5.41, 5.74) is 12.0. The van der Waals surface area contributed by atoms with Gasteiger partial charge in [-0.1, -0.05) is 130 Å². The molecule has 0 atom stereocenters. The number of pyridine rings is 1. The highest BCUT2D eigenvalue weighted by atomic mass is 28.3. The van der Waals surface area contributed by atoms with Crippen LogP contribution in [-0.4, -0.2) is 27.7 Å². The Bertz CT molecular complexity index is 2810. The second-order valence-corrected chi connectivity index (χ2v) is 24.3. The van der Waals surface area contributed by atoms with E-state index in [0.29, 0.717) is 17.3 Å². The molecule has 0 aliphatic rings. The number of imidazole rings is 1. The Morgan fingerprint density at radius 1 is 0.737 bits per heavy atom. The maximum atomic E-state index is 12.2. The van der Waals surface area contributed by atoms with Crippen LogP contribution >= 0.6 is 0 Å². The van der Waals surface area contributed by atoms with Crippen LogP contribution in [0.1, 0.15) is 72.1 Å². The van der Waals surface area contributed by atoms with Crippen molar-refractivity contribution in [2.24, 2.45) is 5.92 Å². The van der Waals surface area contributed by atoms with E-state index in [1.165, 1.54) is 10.8 Å². The van der Waals surface area contributed by atoms with Gasteiger partial charge < -0.3 is 9.52 Å². The van der Waals surface area contributed by atoms with Gasteiger partial charge in [0.1, 0.15) is 22.7 Å². The SMILES string of the molecule is CC(C)Cc1cc(-c2cc(-c3cccc4c3nc(-c3cc(C(C)(C)C)cc(C(C)(C)C)c3O)n4-c3ccccc3)c3oc4ccccc4c3c2)ncc1[Si](C)(C)C. The number of phenols is 1. The van der Waals surface area contributed by atoms with Gasteiger partial charge in [-0.3, -0.25) is 9.55 Å². The lowest BCUT2D eigenvalue weighted by molar-refractivity contribution is 0.446. The molecule has 3 heterocycles. The van der Waals surface area contributed by atoms with Crippen LogP contribution in [0.3, 0.4) is 0 Å². The molecule has 0 aliphatic heterocycles. The van der Waals surface area contributed by atoms with E-state index in [-0.39, 0.29) is 16.6 Å². The summed E-state index contributed by atoms with van der Waals surface area (Å²) in [4.78, 5) is 10.7. The van der Waals surface area contributed by atoms with Crippen LogP contribution in [0.5, 0.6) is 5.75 Å². The molecule has 5 aromatic carbocycles. The molecule has 57 heavy (non-hydrogen) atoms. The number of fused-ring (bicyclic) bond motifs is 4. The molecule has 8 rings (SSSR count). The van der Waals surface area contributed by atoms with Gasteiger partial charge in [0.25, 0.3) is 0 Å². The summed E-state index contributed by atoms with van der Waals surface area (Å²) in [6, 6.07) is 36.1. The number of para-hydroxylation sites is 3. The minimum atomic E-state index is -1.63. The number of benzene rings is 5. The molecule has 0 bridgehead atoms. The van der Waals surface area contributed by atoms with Crippen LogP contribution in [0.15, 0.2) is 114 Å². The molecule has 0 fully saturated rings. The molecule has 0 unspecified atom stereocenters. The predicted molar refractivity (Wildman–Crippen MR) is 243 cm³/mol. The fourth-order valence-corrected chi connectivity index (χ4v) is 9.85. The molecule has 0 saturated carbocycles. The fourth-order valence-electron chi connectivity index (χ4n) is 8.26. The van der Waals surface area contributed by atoms with Gasteiger partial charge in [0.05, 0.1) is 30.4 Å². The first-order chi connectivity index (χ1) is 26.9. The van der Waals surface area contributed by atoms with Gasteiger partial charge >= 0.3 is 0 Å². The summed E-state index contributed by atoms with van der Waals surface area (Å²) < 4.78 is 8.96. The second kappa shape index (κ2) is 13.9. The van der Waals surface area contributed by atoms with Crippen molar-refractivity contribution in [3.63, 3.8) is 0 Å². The number of aromatic nitrogens is 3. The Balaban J connectivity index is 1.45. The molecule has 6 heteroatoms. The summed E-state index contributed by atoms with van der Waals surface area (Å²) in [6.07, 6.45) is 3.16. The van der Waals surface area contributed by atoms with Crippen molar-refractivity contribution in [3.8, 4) is 45.2 Å². The average Bonchev–Trinajstić information content (AvgIpc) is 3.72. The zero-order valence-corrected chi connectivity index (χ0v) is 36.4. The second-order valence-electron chi connectivity index (χ2n) is 19.3. The zero-order valence-electron chi connectivity index (χ0n) is 35.4. The van der Waals surface area contributed by atoms with E-state index in [1.807, 2.05) is 18.2 Å². The van der Waals surface area contributed by atoms with E-state index in [0.717, 1.165) is 78.6 Å². The van der Waals surface area contributed by atoms with Gasteiger partial charge in [-0.15, -0.1) is 0 Å². The van der Waals surface area contributed by atoms with Crippen molar-refractivity contribution >= 4 is 46.2 Å². The maximum Gasteiger partial charge on any atom is 0.149 e. The van der Waals surface area contributed by atoms with E-state index in [2.05, 4.69) is 171 Å². The highest BCUT2D eigenvalue weighted by molar-refractivity contribution is 6.89. The van der Waals surface area contributed by atoms with E-state index < -0.39 is 8.07 Å². The van der Waals surface area contributed by atoms with Crippen molar-refractivity contribution in [1.82, 2.24) is 14.5 Å². The lowest BCUT2D eigenvalue weighted by atomic mass is 9.79. The Morgan fingerprint density at radius 3 is 2.14 bits per heavy atom. The molecule has 5 nitrogen and oxygen atoms in total. The molecule has 8 aromatic rings. The topological polar surface area (TPSA) is 64.1 Å². The van der Waals surface area contributed by atoms with Crippen LogP contribution in [-0.2, 0) is 17.3 Å². The van der Waals surface area contributed by atoms with Gasteiger partial charge in [-0.05, 0) is 88.0 Å². The summed E-state index contributed by atoms with van der Waals surface area (Å²) >= 11 is 0. The van der Waals surface area contributed by atoms with Gasteiger partial charge in [0.15, 0.2) is 0 Å². The van der Waals surface area contributed by atoms with Crippen molar-refractivity contribution in [1.29, 1.82) is 0 Å². The van der Waals surface area contributed by atoms with Crippen molar-refractivity contribution in [2.75, 3.05) is 0 Å². The number of furan rings is 1. The summed E-state index contributed by atoms with van der Waals surface area (Å²) in [7, 11) is -1.63. The highest BCUT2D eigenvalue weighted by Gasteiger charge is 2.29. The molecule has 0 spiro atoms. The van der Waals surface area contributed by atoms with E-state index in [1.54, 1.807) is 0 Å². The van der Waals surface area contributed by atoms with Crippen molar-refractivity contribution in [2.45, 2.75) is 92.3 Å². The molecular weight excluding hydrogens is 715 g/mol. The monoisotopic (exact) mass is 769 g/mol. The number of hydrogen-bond acceptors (Lipinski definition) is 4. The standard InChI is InChI=1S/C51H55N3O2Si/c1-31(2)24-33-27-42(52-30-45(33)57(9,10)11)32-25-38-36-20-15-16-23-44(36)56-48(38)39(26-32)37-21-17-22-43-46(37)53-49(54(43)35-18-13-12-14-19-35)40-28-34(50(3,4)5)29-41(47(40)55)51(6,7)8/h12-23,25-31,55H,24H2,1-11H3. The fraction of sp³-hybridized carbons (Fsp3) is 0.294. The number of hydrogen-bond donors (Lipinski definition) is 1. The summed E-state index contributed by atoms with van der Waals surface area (Å²) in [5, 5.41) is 15.7. The minimum absolute atomic E-state index is 0.152. The van der Waals surface area contributed by atoms with Gasteiger partial charge in [0, 0.05) is 44.9 Å². The molecule has 3 aromatic heterocycles. The van der Waals surface area contributed by atoms with Crippen LogP contribution in [0, 0.1) is 5.92 Å². The minimum Gasteiger partial charge on any atom is -0.507 e. The Kier molecular flexibility index (Phi) is 9.35. The van der Waals surface area contributed by atoms with E-state index in [4.69, 9.17) is 14.4 Å². The average molecular weight is 770 g/mol. The molecular formula is C51H55N3O2Si. The first kappa shape index (κ1) is 38.4. The number of nitrogens with zero attached hydrogens (tertiary/aromatic N) is 3. The maximum absolute atomic E-state index is 12.2. The Labute approximate surface area is 338 Å². The van der Waals surface area contributed by atoms with E-state index in [9.17, 15) is 5.11 Å². The molecule has 0 radical (unpaired) electrons. The first-order valence-electron chi connectivity index (χ1n) is 20.3. The lowest BCUT2D eigenvalue weighted by Crippen LogP contribution is -2.40. The number of aromatic hydroxyl groups is 1. The smallest absolute Gasteiger partial charge is 0.149 e. The normalized spacial score (nSPS) is 12.8. The van der Waals surface area contributed by atoms with Gasteiger partial charge in [-0.2, -0.15) is 0 Å². The highest BCUT2D eigenvalue weighted by Crippen LogP contribution is 2.46. The molecule has 0 amide bonds. The van der Waals surface area contributed by atoms with Gasteiger partial charge in [0.2, 0.25) is 0 Å². The third-order valence-electron chi connectivity index (χ3n) is 11.2. The largest absolute Gasteiger partial charge is 0.507 e. The van der Waals surface area contributed by atoms with Crippen LogP contribution in [0.4, 0.5) is 0 Å². The molecule has 0 saturated heterocycles. The van der Waals surface area contributed by atoms with Crippen molar-refractivity contribution in [3.05, 3.63) is 126 Å². The predicted octanol–water partition coefficient (Wildman–Crippen LogP) is 13.4. The Hall–Kier alpha value is -5.46.